The van der Waals surface area contributed by atoms with Crippen LogP contribution < -0.4 is 15.4 Å². The Labute approximate surface area is 206 Å². The van der Waals surface area contributed by atoms with Crippen molar-refractivity contribution in [2.75, 3.05) is 26.0 Å². The summed E-state index contributed by atoms with van der Waals surface area (Å²) in [5.41, 5.74) is 4.90. The van der Waals surface area contributed by atoms with E-state index in [1.165, 1.54) is 37.7 Å². The number of carbonyl (C=O) groups excluding carboxylic acids is 1. The van der Waals surface area contributed by atoms with E-state index < -0.39 is 0 Å². The number of anilines is 2. The molecular formula is C28H33N5O2. The first-order chi connectivity index (χ1) is 17.0. The number of carbonyl (C=O) groups is 1. The fourth-order valence-corrected chi connectivity index (χ4v) is 4.96. The highest BCUT2D eigenvalue weighted by atomic mass is 16.5. The second-order valence-corrected chi connectivity index (χ2v) is 9.42. The Hall–Kier alpha value is -3.74. The predicted octanol–water partition coefficient (Wildman–Crippen LogP) is 5.20. The molecule has 35 heavy (non-hydrogen) atoms. The maximum Gasteiger partial charge on any atom is 0.267 e. The van der Waals surface area contributed by atoms with Crippen molar-refractivity contribution < 1.29 is 9.53 Å². The molecule has 5 rings (SSSR count). The lowest BCUT2D eigenvalue weighted by atomic mass is 9.84. The lowest BCUT2D eigenvalue weighted by Gasteiger charge is -2.24. The number of ether oxygens (including phenoxy) is 1. The number of nitrogens with zero attached hydrogens (tertiary/aromatic N) is 3. The highest BCUT2D eigenvalue weighted by Crippen LogP contribution is 2.33. The Kier molecular flexibility index (Phi) is 6.49. The Morgan fingerprint density at radius 3 is 2.57 bits per heavy atom. The number of aromatic nitrogens is 2. The summed E-state index contributed by atoms with van der Waals surface area (Å²) in [6.45, 7) is 0.605. The molecule has 1 aliphatic carbocycles. The Bertz CT molecular complexity index is 1280. The van der Waals surface area contributed by atoms with Gasteiger partial charge >= 0.3 is 0 Å². The van der Waals surface area contributed by atoms with Gasteiger partial charge in [0.25, 0.3) is 5.91 Å². The summed E-state index contributed by atoms with van der Waals surface area (Å²) in [5, 5.41) is 6.13. The summed E-state index contributed by atoms with van der Waals surface area (Å²) in [7, 11) is 5.51. The van der Waals surface area contributed by atoms with Crippen LogP contribution in [0.2, 0.25) is 0 Å². The third kappa shape index (κ3) is 4.90. The molecule has 7 heteroatoms. The third-order valence-corrected chi connectivity index (χ3v) is 7.05. The largest absolute Gasteiger partial charge is 0.457 e. The SMILES string of the molecule is CNC(=O)C1=CC(Oc2ccc3c(c2)nc(Nc2ccc(C4CCCCC4)cc2)n3C)=CCN1C. The first-order valence-corrected chi connectivity index (χ1v) is 12.4. The van der Waals surface area contributed by atoms with Crippen LogP contribution in [0.4, 0.5) is 11.6 Å². The zero-order chi connectivity index (χ0) is 24.4. The fraction of sp³-hybridized carbons (Fsp3) is 0.357. The molecule has 1 fully saturated rings. The molecule has 2 heterocycles. The minimum atomic E-state index is -0.135. The number of nitrogens with one attached hydrogen (secondary N) is 2. The molecule has 3 aromatic rings. The summed E-state index contributed by atoms with van der Waals surface area (Å²) < 4.78 is 8.13. The average molecular weight is 472 g/mol. The minimum absolute atomic E-state index is 0.135. The van der Waals surface area contributed by atoms with E-state index in [-0.39, 0.29) is 5.91 Å². The number of aryl methyl sites for hydroxylation is 1. The number of hydrogen-bond acceptors (Lipinski definition) is 5. The molecule has 182 valence electrons. The minimum Gasteiger partial charge on any atom is -0.457 e. The second-order valence-electron chi connectivity index (χ2n) is 9.42. The Morgan fingerprint density at radius 1 is 1.06 bits per heavy atom. The van der Waals surface area contributed by atoms with Gasteiger partial charge in [0.1, 0.15) is 17.2 Å². The first kappa shape index (κ1) is 23.0. The Morgan fingerprint density at radius 2 is 1.83 bits per heavy atom. The van der Waals surface area contributed by atoms with Crippen molar-refractivity contribution in [3.05, 3.63) is 71.6 Å². The van der Waals surface area contributed by atoms with Crippen LogP contribution in [-0.2, 0) is 11.8 Å². The van der Waals surface area contributed by atoms with Crippen molar-refractivity contribution >= 4 is 28.6 Å². The van der Waals surface area contributed by atoms with Gasteiger partial charge in [-0.3, -0.25) is 4.79 Å². The zero-order valence-electron chi connectivity index (χ0n) is 20.7. The van der Waals surface area contributed by atoms with E-state index in [4.69, 9.17) is 9.72 Å². The first-order valence-electron chi connectivity index (χ1n) is 12.4. The quantitative estimate of drug-likeness (QED) is 0.517. The van der Waals surface area contributed by atoms with Gasteiger partial charge in [0, 0.05) is 45.5 Å². The van der Waals surface area contributed by atoms with Gasteiger partial charge in [-0.05, 0) is 54.7 Å². The van der Waals surface area contributed by atoms with Crippen LogP contribution >= 0.6 is 0 Å². The van der Waals surface area contributed by atoms with Crippen LogP contribution in [-0.4, -0.2) is 41.0 Å². The van der Waals surface area contributed by atoms with Crippen LogP contribution in [0.15, 0.2) is 66.1 Å². The molecule has 7 nitrogen and oxygen atoms in total. The van der Waals surface area contributed by atoms with E-state index in [2.05, 4.69) is 34.9 Å². The molecule has 2 N–H and O–H groups in total. The summed E-state index contributed by atoms with van der Waals surface area (Å²) in [5.74, 6) is 2.68. The van der Waals surface area contributed by atoms with Gasteiger partial charge in [-0.1, -0.05) is 31.4 Å². The fourth-order valence-electron chi connectivity index (χ4n) is 4.96. The van der Waals surface area contributed by atoms with Gasteiger partial charge in [-0.15, -0.1) is 0 Å². The van der Waals surface area contributed by atoms with E-state index in [0.29, 0.717) is 29.7 Å². The lowest BCUT2D eigenvalue weighted by molar-refractivity contribution is -0.118. The molecule has 0 spiro atoms. The second kappa shape index (κ2) is 9.86. The number of allylic oxidation sites excluding steroid dienone is 1. The molecule has 2 aromatic carbocycles. The van der Waals surface area contributed by atoms with Crippen molar-refractivity contribution in [1.29, 1.82) is 0 Å². The topological polar surface area (TPSA) is 71.4 Å². The molecule has 2 aliphatic rings. The molecule has 0 atom stereocenters. The Balaban J connectivity index is 1.31. The van der Waals surface area contributed by atoms with E-state index in [1.807, 2.05) is 47.8 Å². The number of rotatable bonds is 6. The molecular weight excluding hydrogens is 438 g/mol. The van der Waals surface area contributed by atoms with Gasteiger partial charge in [0.15, 0.2) is 0 Å². The lowest BCUT2D eigenvalue weighted by Crippen LogP contribution is -2.33. The van der Waals surface area contributed by atoms with Gasteiger partial charge in [0.2, 0.25) is 5.95 Å². The van der Waals surface area contributed by atoms with E-state index in [9.17, 15) is 4.79 Å². The maximum absolute atomic E-state index is 12.1. The third-order valence-electron chi connectivity index (χ3n) is 7.05. The van der Waals surface area contributed by atoms with E-state index >= 15 is 0 Å². The van der Waals surface area contributed by atoms with Crippen molar-refractivity contribution in [3.63, 3.8) is 0 Å². The van der Waals surface area contributed by atoms with Crippen molar-refractivity contribution in [2.45, 2.75) is 38.0 Å². The summed E-state index contributed by atoms with van der Waals surface area (Å²) in [6, 6.07) is 14.7. The highest BCUT2D eigenvalue weighted by Gasteiger charge is 2.18. The normalized spacial score (nSPS) is 16.6. The average Bonchev–Trinajstić information content (AvgIpc) is 3.20. The molecule has 1 aliphatic heterocycles. The van der Waals surface area contributed by atoms with Crippen LogP contribution in [0.25, 0.3) is 11.0 Å². The number of fused-ring (bicyclic) bond motifs is 1. The molecule has 1 saturated carbocycles. The number of likely N-dealkylation sites (N-methyl/N-ethyl adjacent to an activating group) is 2. The standard InChI is InChI=1S/C28H33N5O2/c1-29-27(34)26-18-23(15-16-32(26)2)35-22-13-14-25-24(17-22)31-28(33(25)3)30-21-11-9-20(10-12-21)19-7-5-4-6-8-19/h9-15,17-19H,4-8,16H2,1-3H3,(H,29,34)(H,30,31). The maximum atomic E-state index is 12.1. The molecule has 1 aromatic heterocycles. The summed E-state index contributed by atoms with van der Waals surface area (Å²) in [4.78, 5) is 18.8. The highest BCUT2D eigenvalue weighted by molar-refractivity contribution is 5.93. The van der Waals surface area contributed by atoms with Crippen LogP contribution in [0, 0.1) is 0 Å². The van der Waals surface area contributed by atoms with E-state index in [1.54, 1.807) is 13.1 Å². The van der Waals surface area contributed by atoms with Crippen LogP contribution in [0.3, 0.4) is 0 Å². The summed E-state index contributed by atoms with van der Waals surface area (Å²) in [6.07, 6.45) is 10.4. The zero-order valence-corrected chi connectivity index (χ0v) is 20.7. The van der Waals surface area contributed by atoms with Crippen molar-refractivity contribution in [2.24, 2.45) is 7.05 Å². The molecule has 0 bridgehead atoms. The van der Waals surface area contributed by atoms with Gasteiger partial charge in [0.05, 0.1) is 11.0 Å². The monoisotopic (exact) mass is 471 g/mol. The van der Waals surface area contributed by atoms with Crippen LogP contribution in [0.5, 0.6) is 5.75 Å². The molecule has 0 unspecified atom stereocenters. The predicted molar refractivity (Wildman–Crippen MR) is 140 cm³/mol. The van der Waals surface area contributed by atoms with Crippen molar-refractivity contribution in [1.82, 2.24) is 19.8 Å². The van der Waals surface area contributed by atoms with Crippen LogP contribution in [0.1, 0.15) is 43.6 Å². The van der Waals surface area contributed by atoms with Crippen molar-refractivity contribution in [3.8, 4) is 5.75 Å². The molecule has 0 saturated heterocycles. The summed E-state index contributed by atoms with van der Waals surface area (Å²) >= 11 is 0. The number of benzene rings is 2. The van der Waals surface area contributed by atoms with Gasteiger partial charge in [-0.25, -0.2) is 4.98 Å². The smallest absolute Gasteiger partial charge is 0.267 e. The molecule has 1 amide bonds. The molecule has 0 radical (unpaired) electrons. The number of imidazole rings is 1. The van der Waals surface area contributed by atoms with Gasteiger partial charge < -0.3 is 24.8 Å². The van der Waals surface area contributed by atoms with E-state index in [0.717, 1.165) is 22.7 Å². The number of hydrogen-bond donors (Lipinski definition) is 2. The number of amides is 1. The van der Waals surface area contributed by atoms with Gasteiger partial charge in [-0.2, -0.15) is 0 Å².